The van der Waals surface area contributed by atoms with Crippen LogP contribution in [-0.2, 0) is 24.5 Å². The molecule has 0 saturated heterocycles. The highest BCUT2D eigenvalue weighted by Gasteiger charge is 2.50. The summed E-state index contributed by atoms with van der Waals surface area (Å²) in [4.78, 5) is 26.5. The van der Waals surface area contributed by atoms with Gasteiger partial charge in [0.1, 0.15) is 12.1 Å². The van der Waals surface area contributed by atoms with Gasteiger partial charge in [-0.1, -0.05) is 103 Å². The number of rotatable bonds is 20. The second kappa shape index (κ2) is 19.3. The van der Waals surface area contributed by atoms with Crippen molar-refractivity contribution in [1.29, 1.82) is 10.5 Å². The second-order valence-corrected chi connectivity index (χ2v) is 9.68. The summed E-state index contributed by atoms with van der Waals surface area (Å²) < 4.78 is 10.7. The summed E-state index contributed by atoms with van der Waals surface area (Å²) in [5.74, 6) is -1.34. The number of ether oxygens (including phenoxy) is 2. The lowest BCUT2D eigenvalue weighted by molar-refractivity contribution is -0.165. The first-order chi connectivity index (χ1) is 18.0. The van der Waals surface area contributed by atoms with Crippen LogP contribution in [0.15, 0.2) is 18.2 Å². The molecule has 0 bridgehead atoms. The zero-order valence-electron chi connectivity index (χ0n) is 23.3. The van der Waals surface area contributed by atoms with E-state index >= 15 is 0 Å². The van der Waals surface area contributed by atoms with E-state index in [1.807, 2.05) is 12.1 Å². The van der Waals surface area contributed by atoms with Gasteiger partial charge in [0.05, 0.1) is 24.3 Å². The Bertz CT molecular complexity index is 879. The minimum atomic E-state index is -1.65. The highest BCUT2D eigenvalue weighted by atomic mass is 16.6. The predicted octanol–water partition coefficient (Wildman–Crippen LogP) is 7.67. The molecule has 0 aliphatic heterocycles. The third-order valence-electron chi connectivity index (χ3n) is 6.91. The van der Waals surface area contributed by atoms with Gasteiger partial charge in [-0.05, 0) is 38.0 Å². The Morgan fingerprint density at radius 1 is 0.676 bits per heavy atom. The van der Waals surface area contributed by atoms with E-state index in [1.54, 1.807) is 19.9 Å². The van der Waals surface area contributed by atoms with Gasteiger partial charge in [0.15, 0.2) is 5.41 Å². The Morgan fingerprint density at radius 3 is 1.51 bits per heavy atom. The highest BCUT2D eigenvalue weighted by Crippen LogP contribution is 2.35. The van der Waals surface area contributed by atoms with E-state index in [9.17, 15) is 20.1 Å². The molecule has 1 aromatic rings. The van der Waals surface area contributed by atoms with Crippen LogP contribution >= 0.6 is 0 Å². The van der Waals surface area contributed by atoms with Gasteiger partial charge in [0, 0.05) is 0 Å². The Balaban J connectivity index is 2.71. The average Bonchev–Trinajstić information content (AvgIpc) is 2.91. The fourth-order valence-electron chi connectivity index (χ4n) is 4.76. The van der Waals surface area contributed by atoms with Crippen LogP contribution in [0.1, 0.15) is 134 Å². The molecule has 6 heteroatoms. The van der Waals surface area contributed by atoms with Crippen molar-refractivity contribution in [2.75, 3.05) is 13.2 Å². The van der Waals surface area contributed by atoms with Crippen molar-refractivity contribution in [2.24, 2.45) is 0 Å². The molecule has 0 aliphatic carbocycles. The summed E-state index contributed by atoms with van der Waals surface area (Å²) in [6.45, 7) is 5.89. The number of benzene rings is 1. The average molecular weight is 511 g/mol. The van der Waals surface area contributed by atoms with E-state index in [2.05, 4.69) is 6.92 Å². The molecule has 0 saturated carbocycles. The number of hydrogen-bond acceptors (Lipinski definition) is 6. The summed E-state index contributed by atoms with van der Waals surface area (Å²) in [7, 11) is 0. The maximum Gasteiger partial charge on any atom is 0.328 e. The minimum absolute atomic E-state index is 0.124. The van der Waals surface area contributed by atoms with Crippen molar-refractivity contribution in [1.82, 2.24) is 0 Å². The van der Waals surface area contributed by atoms with Crippen LogP contribution in [0.2, 0.25) is 0 Å². The Morgan fingerprint density at radius 2 is 1.11 bits per heavy atom. The third-order valence-corrected chi connectivity index (χ3v) is 6.91. The van der Waals surface area contributed by atoms with E-state index in [0.717, 1.165) is 19.3 Å². The summed E-state index contributed by atoms with van der Waals surface area (Å²) in [6.07, 6.45) is 17.1. The first-order valence-corrected chi connectivity index (χ1v) is 14.3. The monoisotopic (exact) mass is 510 g/mol. The number of nitriles is 2. The lowest BCUT2D eigenvalue weighted by Crippen LogP contribution is -2.46. The molecule has 0 unspecified atom stereocenters. The van der Waals surface area contributed by atoms with Crippen LogP contribution in [0, 0.1) is 22.7 Å². The number of unbranched alkanes of at least 4 members (excludes halogenated alkanes) is 13. The molecule has 1 aromatic carbocycles. The van der Waals surface area contributed by atoms with Crippen molar-refractivity contribution in [3.63, 3.8) is 0 Å². The molecule has 0 radical (unpaired) electrons. The Labute approximate surface area is 224 Å². The predicted molar refractivity (Wildman–Crippen MR) is 146 cm³/mol. The fraction of sp³-hybridized carbons (Fsp3) is 0.677. The van der Waals surface area contributed by atoms with E-state index in [-0.39, 0.29) is 30.8 Å². The normalized spacial score (nSPS) is 10.9. The maximum absolute atomic E-state index is 13.2. The van der Waals surface area contributed by atoms with Crippen LogP contribution < -0.4 is 0 Å². The van der Waals surface area contributed by atoms with Gasteiger partial charge in [0.25, 0.3) is 0 Å². The molecule has 37 heavy (non-hydrogen) atoms. The van der Waals surface area contributed by atoms with Crippen molar-refractivity contribution in [3.05, 3.63) is 34.9 Å². The molecular weight excluding hydrogens is 464 g/mol. The van der Waals surface area contributed by atoms with E-state index in [0.29, 0.717) is 12.0 Å². The molecular formula is C31H46N2O4. The maximum atomic E-state index is 13.2. The smallest absolute Gasteiger partial charge is 0.328 e. The first kappa shape index (κ1) is 32.2. The molecule has 0 fully saturated rings. The van der Waals surface area contributed by atoms with Crippen molar-refractivity contribution < 1.29 is 19.1 Å². The van der Waals surface area contributed by atoms with Crippen LogP contribution in [0.5, 0.6) is 0 Å². The number of carbonyl (C=O) groups is 2. The summed E-state index contributed by atoms with van der Waals surface area (Å²) in [5.41, 5.74) is -0.985. The molecule has 1 rings (SSSR count). The van der Waals surface area contributed by atoms with Gasteiger partial charge in [-0.3, -0.25) is 9.59 Å². The molecule has 0 atom stereocenters. The van der Waals surface area contributed by atoms with Crippen molar-refractivity contribution in [3.8, 4) is 12.1 Å². The van der Waals surface area contributed by atoms with Crippen LogP contribution in [0.25, 0.3) is 0 Å². The molecule has 0 aliphatic rings. The zero-order chi connectivity index (χ0) is 27.4. The van der Waals surface area contributed by atoms with Gasteiger partial charge in [-0.2, -0.15) is 10.5 Å². The van der Waals surface area contributed by atoms with Gasteiger partial charge < -0.3 is 9.47 Å². The Hall–Kier alpha value is -2.86. The van der Waals surface area contributed by atoms with Crippen LogP contribution in [0.4, 0.5) is 0 Å². The van der Waals surface area contributed by atoms with Crippen molar-refractivity contribution in [2.45, 2.75) is 122 Å². The topological polar surface area (TPSA) is 100 Å². The lowest BCUT2D eigenvalue weighted by Gasteiger charge is -2.30. The summed E-state index contributed by atoms with van der Waals surface area (Å²) in [6, 6.07) is 8.47. The summed E-state index contributed by atoms with van der Waals surface area (Å²) in [5, 5.41) is 18.8. The number of nitrogens with zero attached hydrogens (tertiary/aromatic N) is 2. The van der Waals surface area contributed by atoms with E-state index < -0.39 is 17.4 Å². The second-order valence-electron chi connectivity index (χ2n) is 9.68. The van der Waals surface area contributed by atoms with Gasteiger partial charge in [-0.25, -0.2) is 0 Å². The summed E-state index contributed by atoms with van der Waals surface area (Å²) >= 11 is 0. The quantitative estimate of drug-likeness (QED) is 0.101. The first-order valence-electron chi connectivity index (χ1n) is 14.3. The molecule has 0 spiro atoms. The van der Waals surface area contributed by atoms with Gasteiger partial charge in [-0.15, -0.1) is 0 Å². The fourth-order valence-corrected chi connectivity index (χ4v) is 4.76. The zero-order valence-corrected chi connectivity index (χ0v) is 23.3. The number of carbonyl (C=O) groups excluding carboxylic acids is 2. The van der Waals surface area contributed by atoms with E-state index in [1.165, 1.54) is 76.3 Å². The highest BCUT2D eigenvalue weighted by molar-refractivity contribution is 6.06. The molecule has 0 amide bonds. The standard InChI is InChI=1S/C31H46N2O4/c1-4-7-8-9-10-11-12-13-14-15-16-17-18-19-22-31(29(34)36-5-2,30(35)37-6-3)28-21-20-26(24-32)27(23-28)25-33/h20-21,23H,4-19,22H2,1-3H3. The van der Waals surface area contributed by atoms with Crippen LogP contribution in [0.3, 0.4) is 0 Å². The largest absolute Gasteiger partial charge is 0.465 e. The Kier molecular flexibility index (Phi) is 16.8. The van der Waals surface area contributed by atoms with Gasteiger partial charge >= 0.3 is 11.9 Å². The SMILES string of the molecule is CCCCCCCCCCCCCCCCC(C(=O)OCC)(C(=O)OCC)c1ccc(C#N)c(C#N)c1. The number of hydrogen-bond donors (Lipinski definition) is 0. The van der Waals surface area contributed by atoms with Crippen molar-refractivity contribution >= 4 is 11.9 Å². The lowest BCUT2D eigenvalue weighted by atomic mass is 9.75. The molecule has 6 nitrogen and oxygen atoms in total. The van der Waals surface area contributed by atoms with E-state index in [4.69, 9.17) is 9.47 Å². The molecule has 204 valence electrons. The molecule has 0 heterocycles. The van der Waals surface area contributed by atoms with Gasteiger partial charge in [0.2, 0.25) is 0 Å². The molecule has 0 N–H and O–H groups in total. The third kappa shape index (κ3) is 10.6. The number of esters is 2. The van der Waals surface area contributed by atoms with Crippen LogP contribution in [-0.4, -0.2) is 25.2 Å². The molecule has 0 aromatic heterocycles. The minimum Gasteiger partial charge on any atom is -0.465 e.